The van der Waals surface area contributed by atoms with Crippen LogP contribution in [-0.2, 0) is 0 Å². The minimum absolute atomic E-state index is 0.0889. The molecule has 1 N–H and O–H groups in total. The lowest BCUT2D eigenvalue weighted by atomic mass is 10.1. The average Bonchev–Trinajstić information content (AvgIpc) is 3.27. The van der Waals surface area contributed by atoms with Crippen molar-refractivity contribution >= 4 is 16.8 Å². The van der Waals surface area contributed by atoms with E-state index in [0.29, 0.717) is 11.7 Å². The molecule has 1 aromatic carbocycles. The number of nitrogens with zero attached hydrogens (tertiary/aromatic N) is 3. The third-order valence-electron chi connectivity index (χ3n) is 6.00. The van der Waals surface area contributed by atoms with E-state index in [2.05, 4.69) is 28.9 Å². The van der Waals surface area contributed by atoms with Crippen LogP contribution < -0.4 is 4.74 Å². The SMILES string of the molecule is CN1CCN(C(=O)c2cc3cc(OCCC4CCCN4C)ccc3[nH]2)CC1. The van der Waals surface area contributed by atoms with Crippen molar-refractivity contribution in [2.24, 2.45) is 0 Å². The zero-order chi connectivity index (χ0) is 18.8. The number of likely N-dealkylation sites (N-methyl/N-ethyl adjacent to an activating group) is 1. The van der Waals surface area contributed by atoms with E-state index in [1.807, 2.05) is 29.2 Å². The molecule has 1 aromatic heterocycles. The number of rotatable bonds is 5. The van der Waals surface area contributed by atoms with Crippen LogP contribution in [0, 0.1) is 0 Å². The summed E-state index contributed by atoms with van der Waals surface area (Å²) >= 11 is 0. The predicted molar refractivity (Wildman–Crippen MR) is 107 cm³/mol. The van der Waals surface area contributed by atoms with Crippen molar-refractivity contribution in [2.75, 3.05) is 53.4 Å². The number of carbonyl (C=O) groups is 1. The van der Waals surface area contributed by atoms with Crippen molar-refractivity contribution in [3.05, 3.63) is 30.0 Å². The normalized spacial score (nSPS) is 21.9. The van der Waals surface area contributed by atoms with Crippen LogP contribution in [0.5, 0.6) is 5.75 Å². The molecule has 2 fully saturated rings. The smallest absolute Gasteiger partial charge is 0.270 e. The number of amides is 1. The van der Waals surface area contributed by atoms with Gasteiger partial charge in [-0.05, 0) is 64.2 Å². The fourth-order valence-corrected chi connectivity index (χ4v) is 4.15. The number of piperazine rings is 1. The molecule has 3 heterocycles. The minimum atomic E-state index is 0.0889. The van der Waals surface area contributed by atoms with Crippen molar-refractivity contribution in [2.45, 2.75) is 25.3 Å². The number of nitrogens with one attached hydrogen (secondary N) is 1. The minimum Gasteiger partial charge on any atom is -0.494 e. The summed E-state index contributed by atoms with van der Waals surface area (Å²) in [7, 11) is 4.29. The van der Waals surface area contributed by atoms with Gasteiger partial charge in [-0.3, -0.25) is 4.79 Å². The first-order valence-corrected chi connectivity index (χ1v) is 10.0. The maximum absolute atomic E-state index is 12.8. The van der Waals surface area contributed by atoms with Crippen LogP contribution in [0.25, 0.3) is 10.9 Å². The number of H-pyrrole nitrogens is 1. The molecular formula is C21H30N4O2. The monoisotopic (exact) mass is 370 g/mol. The van der Waals surface area contributed by atoms with E-state index >= 15 is 0 Å². The lowest BCUT2D eigenvalue weighted by Gasteiger charge is -2.32. The molecular weight excluding hydrogens is 340 g/mol. The highest BCUT2D eigenvalue weighted by atomic mass is 16.5. The van der Waals surface area contributed by atoms with Crippen LogP contribution in [0.1, 0.15) is 29.8 Å². The zero-order valence-electron chi connectivity index (χ0n) is 16.4. The molecule has 1 amide bonds. The molecule has 0 radical (unpaired) electrons. The number of hydrogen-bond donors (Lipinski definition) is 1. The van der Waals surface area contributed by atoms with Crippen molar-refractivity contribution in [1.29, 1.82) is 0 Å². The maximum Gasteiger partial charge on any atom is 0.270 e. The van der Waals surface area contributed by atoms with Crippen molar-refractivity contribution in [1.82, 2.24) is 19.7 Å². The van der Waals surface area contributed by atoms with Gasteiger partial charge >= 0.3 is 0 Å². The van der Waals surface area contributed by atoms with Gasteiger partial charge in [0.25, 0.3) is 5.91 Å². The quantitative estimate of drug-likeness (QED) is 0.878. The number of ether oxygens (including phenoxy) is 1. The first-order valence-electron chi connectivity index (χ1n) is 10.0. The first-order chi connectivity index (χ1) is 13.1. The lowest BCUT2D eigenvalue weighted by molar-refractivity contribution is 0.0659. The number of likely N-dealkylation sites (tertiary alicyclic amines) is 1. The topological polar surface area (TPSA) is 51.8 Å². The summed E-state index contributed by atoms with van der Waals surface area (Å²) in [4.78, 5) is 22.6. The zero-order valence-corrected chi connectivity index (χ0v) is 16.4. The molecule has 2 saturated heterocycles. The van der Waals surface area contributed by atoms with Gasteiger partial charge in [-0.25, -0.2) is 0 Å². The van der Waals surface area contributed by atoms with E-state index in [4.69, 9.17) is 4.74 Å². The molecule has 146 valence electrons. The Bertz CT molecular complexity index is 795. The number of aromatic nitrogens is 1. The number of aromatic amines is 1. The van der Waals surface area contributed by atoms with Crippen molar-refractivity contribution in [3.63, 3.8) is 0 Å². The van der Waals surface area contributed by atoms with Gasteiger partial charge in [0.2, 0.25) is 0 Å². The van der Waals surface area contributed by atoms with Gasteiger partial charge in [0.1, 0.15) is 11.4 Å². The van der Waals surface area contributed by atoms with Gasteiger partial charge in [-0.1, -0.05) is 0 Å². The molecule has 0 spiro atoms. The van der Waals surface area contributed by atoms with Crippen LogP contribution in [-0.4, -0.2) is 85.1 Å². The molecule has 2 aliphatic heterocycles. The Morgan fingerprint density at radius 3 is 2.70 bits per heavy atom. The molecule has 2 aromatic rings. The van der Waals surface area contributed by atoms with Gasteiger partial charge in [0.15, 0.2) is 0 Å². The Morgan fingerprint density at radius 2 is 1.96 bits per heavy atom. The second kappa shape index (κ2) is 7.90. The third-order valence-corrected chi connectivity index (χ3v) is 6.00. The van der Waals surface area contributed by atoms with Crippen molar-refractivity contribution < 1.29 is 9.53 Å². The number of fused-ring (bicyclic) bond motifs is 1. The molecule has 27 heavy (non-hydrogen) atoms. The van der Waals surface area contributed by atoms with E-state index < -0.39 is 0 Å². The molecule has 2 aliphatic rings. The highest BCUT2D eigenvalue weighted by Gasteiger charge is 2.22. The van der Waals surface area contributed by atoms with Gasteiger partial charge < -0.3 is 24.4 Å². The van der Waals surface area contributed by atoms with E-state index in [1.165, 1.54) is 19.4 Å². The highest BCUT2D eigenvalue weighted by Crippen LogP contribution is 2.24. The van der Waals surface area contributed by atoms with Gasteiger partial charge in [-0.2, -0.15) is 0 Å². The summed E-state index contributed by atoms with van der Waals surface area (Å²) in [5, 5.41) is 1.03. The van der Waals surface area contributed by atoms with Crippen LogP contribution in [0.2, 0.25) is 0 Å². The molecule has 4 rings (SSSR count). The fraction of sp³-hybridized carbons (Fsp3) is 0.571. The maximum atomic E-state index is 12.8. The van der Waals surface area contributed by atoms with Crippen LogP contribution in [0.15, 0.2) is 24.3 Å². The Morgan fingerprint density at radius 1 is 1.15 bits per heavy atom. The second-order valence-corrected chi connectivity index (χ2v) is 7.94. The first kappa shape index (κ1) is 18.3. The van der Waals surface area contributed by atoms with Gasteiger partial charge in [0.05, 0.1) is 6.61 Å². The van der Waals surface area contributed by atoms with Crippen LogP contribution in [0.3, 0.4) is 0 Å². The molecule has 6 nitrogen and oxygen atoms in total. The number of hydrogen-bond acceptors (Lipinski definition) is 4. The summed E-state index contributed by atoms with van der Waals surface area (Å²) in [6, 6.07) is 8.63. The fourth-order valence-electron chi connectivity index (χ4n) is 4.15. The molecule has 0 bridgehead atoms. The summed E-state index contributed by atoms with van der Waals surface area (Å²) in [5.41, 5.74) is 1.65. The molecule has 0 aliphatic carbocycles. The Labute approximate surface area is 161 Å². The van der Waals surface area contributed by atoms with Crippen LogP contribution in [0.4, 0.5) is 0 Å². The Kier molecular flexibility index (Phi) is 5.36. The van der Waals surface area contributed by atoms with Crippen molar-refractivity contribution in [3.8, 4) is 5.75 Å². The van der Waals surface area contributed by atoms with E-state index in [0.717, 1.165) is 55.9 Å². The summed E-state index contributed by atoms with van der Waals surface area (Å²) in [5.74, 6) is 0.965. The van der Waals surface area contributed by atoms with Gasteiger partial charge in [-0.15, -0.1) is 0 Å². The lowest BCUT2D eigenvalue weighted by Crippen LogP contribution is -2.47. The third kappa shape index (κ3) is 4.12. The van der Waals surface area contributed by atoms with Gasteiger partial charge in [0, 0.05) is 43.1 Å². The summed E-state index contributed by atoms with van der Waals surface area (Å²) in [6.45, 7) is 5.37. The second-order valence-electron chi connectivity index (χ2n) is 7.94. The molecule has 0 saturated carbocycles. The van der Waals surface area contributed by atoms with E-state index in [9.17, 15) is 4.79 Å². The summed E-state index contributed by atoms with van der Waals surface area (Å²) in [6.07, 6.45) is 3.63. The number of benzene rings is 1. The summed E-state index contributed by atoms with van der Waals surface area (Å²) < 4.78 is 5.98. The molecule has 1 atom stereocenters. The average molecular weight is 370 g/mol. The number of carbonyl (C=O) groups excluding carboxylic acids is 1. The largest absolute Gasteiger partial charge is 0.494 e. The standard InChI is InChI=1S/C21H30N4O2/c1-23-9-11-25(12-10-23)21(26)20-15-16-14-18(5-6-19(16)22-20)27-13-7-17-4-3-8-24(17)2/h5-6,14-15,17,22H,3-4,7-13H2,1-2H3. The molecule has 6 heteroatoms. The Balaban J connectivity index is 1.38. The van der Waals surface area contributed by atoms with E-state index in [-0.39, 0.29) is 5.91 Å². The Hall–Kier alpha value is -2.05. The van der Waals surface area contributed by atoms with Crippen LogP contribution >= 0.6 is 0 Å². The predicted octanol–water partition coefficient (Wildman–Crippen LogP) is 2.42. The molecule has 1 unspecified atom stereocenters. The van der Waals surface area contributed by atoms with E-state index in [1.54, 1.807) is 0 Å². The highest BCUT2D eigenvalue weighted by molar-refractivity contribution is 5.98.